The second-order valence-electron chi connectivity index (χ2n) is 6.27. The lowest BCUT2D eigenvalue weighted by Gasteiger charge is -2.31. The lowest BCUT2D eigenvalue weighted by atomic mass is 9.83. The van der Waals surface area contributed by atoms with Crippen LogP contribution >= 0.6 is 11.8 Å². The summed E-state index contributed by atoms with van der Waals surface area (Å²) in [6.45, 7) is 6.59. The topological polar surface area (TPSA) is 49.4 Å². The summed E-state index contributed by atoms with van der Waals surface area (Å²) < 4.78 is 13.4. The Kier molecular flexibility index (Phi) is 5.68. The van der Waals surface area contributed by atoms with Gasteiger partial charge < -0.3 is 10.2 Å². The number of benzene rings is 1. The van der Waals surface area contributed by atoms with E-state index in [4.69, 9.17) is 0 Å². The minimum atomic E-state index is -0.908. The Morgan fingerprint density at radius 2 is 1.96 bits per heavy atom. The molecule has 1 fully saturated rings. The summed E-state index contributed by atoms with van der Waals surface area (Å²) in [7, 11) is 0. The average Bonchev–Trinajstić information content (AvgIpc) is 2.54. The molecule has 0 aromatic heterocycles. The largest absolute Gasteiger partial charge is 0.344 e. The van der Waals surface area contributed by atoms with E-state index in [1.807, 2.05) is 11.8 Å². The van der Waals surface area contributed by atoms with Crippen molar-refractivity contribution in [3.63, 3.8) is 0 Å². The quantitative estimate of drug-likeness (QED) is 0.915. The van der Waals surface area contributed by atoms with E-state index in [0.717, 1.165) is 24.6 Å². The van der Waals surface area contributed by atoms with Gasteiger partial charge in [0, 0.05) is 24.6 Å². The standard InChI is InChI=1S/C17H23FN2O2S/c1-12(15(21)20-7-9-23-10-8-20)19-16(22)17(2,3)13-5-4-6-14(18)11-13/h4-6,11-12H,7-10H2,1-3H3,(H,19,22)/t12-/m1/s1. The van der Waals surface area contributed by atoms with Crippen molar-refractivity contribution >= 4 is 23.6 Å². The maximum absolute atomic E-state index is 13.4. The van der Waals surface area contributed by atoms with Crippen molar-refractivity contribution in [2.24, 2.45) is 0 Å². The van der Waals surface area contributed by atoms with Crippen molar-refractivity contribution in [1.82, 2.24) is 10.2 Å². The van der Waals surface area contributed by atoms with Gasteiger partial charge in [0.25, 0.3) is 0 Å². The van der Waals surface area contributed by atoms with E-state index in [1.165, 1.54) is 12.1 Å². The predicted octanol–water partition coefficient (Wildman–Crippen LogP) is 2.18. The number of halogens is 1. The van der Waals surface area contributed by atoms with Crippen LogP contribution in [0.4, 0.5) is 4.39 Å². The van der Waals surface area contributed by atoms with Crippen LogP contribution in [0.1, 0.15) is 26.3 Å². The highest BCUT2D eigenvalue weighted by molar-refractivity contribution is 7.99. The second kappa shape index (κ2) is 7.34. The second-order valence-corrected chi connectivity index (χ2v) is 7.49. The normalized spacial score (nSPS) is 16.8. The Hall–Kier alpha value is -1.56. The number of rotatable bonds is 4. The monoisotopic (exact) mass is 338 g/mol. The van der Waals surface area contributed by atoms with Gasteiger partial charge in [-0.25, -0.2) is 4.39 Å². The molecule has 1 atom stereocenters. The van der Waals surface area contributed by atoms with Crippen LogP contribution in [0.15, 0.2) is 24.3 Å². The molecule has 126 valence electrons. The summed E-state index contributed by atoms with van der Waals surface area (Å²) in [5.41, 5.74) is -0.321. The summed E-state index contributed by atoms with van der Waals surface area (Å²) in [6, 6.07) is 5.42. The Morgan fingerprint density at radius 3 is 2.57 bits per heavy atom. The number of amides is 2. The van der Waals surface area contributed by atoms with E-state index in [1.54, 1.807) is 37.8 Å². The van der Waals surface area contributed by atoms with Crippen molar-refractivity contribution in [2.45, 2.75) is 32.2 Å². The predicted molar refractivity (Wildman–Crippen MR) is 90.9 cm³/mol. The Balaban J connectivity index is 2.03. The van der Waals surface area contributed by atoms with Crippen LogP contribution < -0.4 is 5.32 Å². The third-order valence-corrected chi connectivity index (χ3v) is 5.10. The minimum Gasteiger partial charge on any atom is -0.344 e. The molecule has 1 saturated heterocycles. The Bertz CT molecular complexity index is 586. The van der Waals surface area contributed by atoms with Gasteiger partial charge in [0.15, 0.2) is 0 Å². The molecule has 1 heterocycles. The van der Waals surface area contributed by atoms with Crippen LogP contribution in [0.5, 0.6) is 0 Å². The van der Waals surface area contributed by atoms with Gasteiger partial charge in [-0.05, 0) is 38.5 Å². The number of nitrogens with one attached hydrogen (secondary N) is 1. The van der Waals surface area contributed by atoms with Crippen LogP contribution in [-0.4, -0.2) is 47.4 Å². The minimum absolute atomic E-state index is 0.0614. The number of hydrogen-bond donors (Lipinski definition) is 1. The molecule has 4 nitrogen and oxygen atoms in total. The zero-order chi connectivity index (χ0) is 17.0. The molecule has 2 amide bonds. The maximum Gasteiger partial charge on any atom is 0.244 e. The molecule has 0 bridgehead atoms. The van der Waals surface area contributed by atoms with Gasteiger partial charge in [0.1, 0.15) is 11.9 Å². The van der Waals surface area contributed by atoms with Gasteiger partial charge >= 0.3 is 0 Å². The highest BCUT2D eigenvalue weighted by Crippen LogP contribution is 2.24. The molecule has 1 N–H and O–H groups in total. The van der Waals surface area contributed by atoms with Gasteiger partial charge in [0.05, 0.1) is 5.41 Å². The third kappa shape index (κ3) is 4.25. The van der Waals surface area contributed by atoms with Crippen molar-refractivity contribution in [2.75, 3.05) is 24.6 Å². The fourth-order valence-electron chi connectivity index (χ4n) is 2.50. The van der Waals surface area contributed by atoms with Gasteiger partial charge in [0.2, 0.25) is 11.8 Å². The molecule has 1 aromatic rings. The molecule has 0 saturated carbocycles. The van der Waals surface area contributed by atoms with E-state index in [0.29, 0.717) is 5.56 Å². The van der Waals surface area contributed by atoms with E-state index in [-0.39, 0.29) is 17.6 Å². The zero-order valence-electron chi connectivity index (χ0n) is 13.8. The first-order valence-electron chi connectivity index (χ1n) is 7.76. The van der Waals surface area contributed by atoms with Crippen LogP contribution in [0.25, 0.3) is 0 Å². The number of nitrogens with zero attached hydrogens (tertiary/aromatic N) is 1. The molecule has 23 heavy (non-hydrogen) atoms. The van der Waals surface area contributed by atoms with E-state index in [2.05, 4.69) is 5.32 Å². The van der Waals surface area contributed by atoms with E-state index >= 15 is 0 Å². The van der Waals surface area contributed by atoms with Crippen LogP contribution in [-0.2, 0) is 15.0 Å². The fraction of sp³-hybridized carbons (Fsp3) is 0.529. The van der Waals surface area contributed by atoms with Gasteiger partial charge in [-0.1, -0.05) is 12.1 Å². The van der Waals surface area contributed by atoms with Crippen molar-refractivity contribution in [1.29, 1.82) is 0 Å². The van der Waals surface area contributed by atoms with E-state index < -0.39 is 11.5 Å². The van der Waals surface area contributed by atoms with Crippen LogP contribution in [0, 0.1) is 5.82 Å². The fourth-order valence-corrected chi connectivity index (χ4v) is 3.41. The first kappa shape index (κ1) is 17.8. The lowest BCUT2D eigenvalue weighted by molar-refractivity contribution is -0.136. The summed E-state index contributed by atoms with van der Waals surface area (Å²) in [6.07, 6.45) is 0. The van der Waals surface area contributed by atoms with Gasteiger partial charge in [-0.15, -0.1) is 0 Å². The first-order chi connectivity index (χ1) is 10.8. The number of carbonyl (C=O) groups excluding carboxylic acids is 2. The van der Waals surface area contributed by atoms with Crippen LogP contribution in [0.3, 0.4) is 0 Å². The smallest absolute Gasteiger partial charge is 0.244 e. The molecule has 1 aliphatic rings. The average molecular weight is 338 g/mol. The summed E-state index contributed by atoms with van der Waals surface area (Å²) >= 11 is 1.83. The van der Waals surface area contributed by atoms with Crippen molar-refractivity contribution in [3.05, 3.63) is 35.6 Å². The highest BCUT2D eigenvalue weighted by Gasteiger charge is 2.33. The summed E-state index contributed by atoms with van der Waals surface area (Å²) in [5.74, 6) is 1.14. The molecule has 0 radical (unpaired) electrons. The zero-order valence-corrected chi connectivity index (χ0v) is 14.6. The lowest BCUT2D eigenvalue weighted by Crippen LogP contribution is -2.52. The first-order valence-corrected chi connectivity index (χ1v) is 8.91. The molecule has 2 rings (SSSR count). The van der Waals surface area contributed by atoms with Gasteiger partial charge in [-0.2, -0.15) is 11.8 Å². The van der Waals surface area contributed by atoms with Crippen molar-refractivity contribution in [3.8, 4) is 0 Å². The molecule has 0 aliphatic carbocycles. The molecule has 0 spiro atoms. The molecular weight excluding hydrogens is 315 g/mol. The van der Waals surface area contributed by atoms with E-state index in [9.17, 15) is 14.0 Å². The Morgan fingerprint density at radius 1 is 1.30 bits per heavy atom. The molecule has 6 heteroatoms. The summed E-state index contributed by atoms with van der Waals surface area (Å²) in [4.78, 5) is 26.7. The number of thioether (sulfide) groups is 1. The highest BCUT2D eigenvalue weighted by atomic mass is 32.2. The molecular formula is C17H23FN2O2S. The van der Waals surface area contributed by atoms with Crippen molar-refractivity contribution < 1.29 is 14.0 Å². The number of carbonyl (C=O) groups is 2. The molecule has 1 aliphatic heterocycles. The summed E-state index contributed by atoms with van der Waals surface area (Å²) in [5, 5.41) is 2.78. The maximum atomic E-state index is 13.4. The molecule has 1 aromatic carbocycles. The number of hydrogen-bond acceptors (Lipinski definition) is 3. The van der Waals surface area contributed by atoms with Crippen LogP contribution in [0.2, 0.25) is 0 Å². The molecule has 0 unspecified atom stereocenters. The third-order valence-electron chi connectivity index (χ3n) is 4.15. The van der Waals surface area contributed by atoms with Gasteiger partial charge in [-0.3, -0.25) is 9.59 Å². The SMILES string of the molecule is C[C@@H](NC(=O)C(C)(C)c1cccc(F)c1)C(=O)N1CCSCC1. The Labute approximate surface area is 140 Å².